The molecule has 0 atom stereocenters. The highest BCUT2D eigenvalue weighted by Gasteiger charge is 2.24. The summed E-state index contributed by atoms with van der Waals surface area (Å²) < 4.78 is 44.9. The maximum absolute atomic E-state index is 11.8. The summed E-state index contributed by atoms with van der Waals surface area (Å²) in [6.45, 7) is 0.149. The summed E-state index contributed by atoms with van der Waals surface area (Å²) in [4.78, 5) is 11.2. The van der Waals surface area contributed by atoms with Gasteiger partial charge in [-0.1, -0.05) is 12.2 Å². The molecule has 100 valence electrons. The molecule has 1 aromatic heterocycles. The van der Waals surface area contributed by atoms with Gasteiger partial charge in [-0.2, -0.15) is 13.2 Å². The molecule has 0 aliphatic rings. The van der Waals surface area contributed by atoms with Crippen molar-refractivity contribution >= 4 is 5.97 Å². The minimum Gasteiger partial charge on any atom is -0.460 e. The molecular weight excluding hydrogens is 249 g/mol. The Labute approximate surface area is 102 Å². The van der Waals surface area contributed by atoms with E-state index in [0.717, 1.165) is 6.08 Å². The van der Waals surface area contributed by atoms with Crippen LogP contribution >= 0.6 is 0 Å². The topological polar surface area (TPSA) is 39.4 Å². The van der Waals surface area contributed by atoms with Crippen molar-refractivity contribution in [2.45, 2.75) is 25.4 Å². The van der Waals surface area contributed by atoms with Gasteiger partial charge in [0.25, 0.3) is 0 Å². The SMILES string of the molecule is O=C(OCCC/C=C/CC(F)(F)F)c1ccco1. The number of rotatable bonds is 6. The number of unbranched alkanes of at least 4 members (excludes halogenated alkanes) is 1. The normalized spacial score (nSPS) is 11.9. The van der Waals surface area contributed by atoms with Crippen molar-refractivity contribution in [1.82, 2.24) is 0 Å². The minimum atomic E-state index is -4.16. The second-order valence-electron chi connectivity index (χ2n) is 3.55. The predicted octanol–water partition coefficient (Wildman–Crippen LogP) is 3.73. The van der Waals surface area contributed by atoms with Crippen molar-refractivity contribution < 1.29 is 27.1 Å². The van der Waals surface area contributed by atoms with Crippen LogP contribution in [0.1, 0.15) is 29.8 Å². The molecular formula is C12H13F3O3. The van der Waals surface area contributed by atoms with Crippen LogP contribution in [-0.2, 0) is 4.74 Å². The van der Waals surface area contributed by atoms with Gasteiger partial charge in [-0.3, -0.25) is 0 Å². The van der Waals surface area contributed by atoms with Crippen LogP contribution in [0.15, 0.2) is 35.0 Å². The largest absolute Gasteiger partial charge is 0.460 e. The number of allylic oxidation sites excluding steroid dienone is 2. The fourth-order valence-electron chi connectivity index (χ4n) is 1.17. The fourth-order valence-corrected chi connectivity index (χ4v) is 1.17. The molecule has 6 heteroatoms. The second kappa shape index (κ2) is 6.88. The Balaban J connectivity index is 2.07. The van der Waals surface area contributed by atoms with Crippen molar-refractivity contribution in [2.24, 2.45) is 0 Å². The van der Waals surface area contributed by atoms with Gasteiger partial charge < -0.3 is 9.15 Å². The van der Waals surface area contributed by atoms with Crippen LogP contribution in [0.5, 0.6) is 0 Å². The Bertz CT molecular complexity index is 380. The van der Waals surface area contributed by atoms with Crippen molar-refractivity contribution in [1.29, 1.82) is 0 Å². The summed E-state index contributed by atoms with van der Waals surface area (Å²) in [6, 6.07) is 3.04. The van der Waals surface area contributed by atoms with Crippen LogP contribution < -0.4 is 0 Å². The summed E-state index contributed by atoms with van der Waals surface area (Å²) in [7, 11) is 0. The van der Waals surface area contributed by atoms with Crippen LogP contribution in [0.2, 0.25) is 0 Å². The maximum Gasteiger partial charge on any atom is 0.392 e. The molecule has 1 rings (SSSR count). The number of alkyl halides is 3. The summed E-state index contributed by atoms with van der Waals surface area (Å²) >= 11 is 0. The molecule has 0 N–H and O–H groups in total. The molecule has 18 heavy (non-hydrogen) atoms. The maximum atomic E-state index is 11.8. The zero-order valence-electron chi connectivity index (χ0n) is 9.57. The van der Waals surface area contributed by atoms with E-state index in [4.69, 9.17) is 9.15 Å². The van der Waals surface area contributed by atoms with E-state index in [0.29, 0.717) is 12.8 Å². The van der Waals surface area contributed by atoms with E-state index in [1.807, 2.05) is 0 Å². The lowest BCUT2D eigenvalue weighted by molar-refractivity contribution is -0.125. The van der Waals surface area contributed by atoms with E-state index in [1.165, 1.54) is 18.4 Å². The van der Waals surface area contributed by atoms with E-state index in [-0.39, 0.29) is 12.4 Å². The number of esters is 1. The lowest BCUT2D eigenvalue weighted by atomic mass is 10.2. The van der Waals surface area contributed by atoms with Gasteiger partial charge in [0.1, 0.15) is 0 Å². The zero-order valence-corrected chi connectivity index (χ0v) is 9.57. The molecule has 0 spiro atoms. The van der Waals surface area contributed by atoms with Gasteiger partial charge in [0.05, 0.1) is 19.3 Å². The predicted molar refractivity (Wildman–Crippen MR) is 58.0 cm³/mol. The highest BCUT2D eigenvalue weighted by atomic mass is 19.4. The third-order valence-electron chi connectivity index (χ3n) is 1.99. The van der Waals surface area contributed by atoms with Gasteiger partial charge in [-0.15, -0.1) is 0 Å². The number of carbonyl (C=O) groups is 1. The van der Waals surface area contributed by atoms with Crippen molar-refractivity contribution in [3.05, 3.63) is 36.3 Å². The molecule has 0 amide bonds. The summed E-state index contributed by atoms with van der Waals surface area (Å²) in [5.41, 5.74) is 0. The zero-order chi connectivity index (χ0) is 13.4. The van der Waals surface area contributed by atoms with Gasteiger partial charge >= 0.3 is 12.1 Å². The van der Waals surface area contributed by atoms with Crippen LogP contribution in [0.3, 0.4) is 0 Å². The van der Waals surface area contributed by atoms with Crippen molar-refractivity contribution in [2.75, 3.05) is 6.61 Å². The average Bonchev–Trinajstić information content (AvgIpc) is 2.79. The third kappa shape index (κ3) is 6.12. The van der Waals surface area contributed by atoms with Crippen molar-refractivity contribution in [3.8, 4) is 0 Å². The van der Waals surface area contributed by atoms with Gasteiger partial charge in [0.15, 0.2) is 0 Å². The molecule has 0 fully saturated rings. The number of halogens is 3. The van der Waals surface area contributed by atoms with Gasteiger partial charge in [-0.05, 0) is 25.0 Å². The highest BCUT2D eigenvalue weighted by Crippen LogP contribution is 2.19. The Morgan fingerprint density at radius 3 is 2.78 bits per heavy atom. The molecule has 0 aromatic carbocycles. The van der Waals surface area contributed by atoms with Gasteiger partial charge in [0.2, 0.25) is 5.76 Å². The first kappa shape index (κ1) is 14.3. The van der Waals surface area contributed by atoms with Crippen LogP contribution in [0, 0.1) is 0 Å². The Morgan fingerprint density at radius 1 is 1.39 bits per heavy atom. The molecule has 0 aliphatic heterocycles. The monoisotopic (exact) mass is 262 g/mol. The van der Waals surface area contributed by atoms with Crippen LogP contribution in [-0.4, -0.2) is 18.8 Å². The van der Waals surface area contributed by atoms with Gasteiger partial charge in [-0.25, -0.2) is 4.79 Å². The smallest absolute Gasteiger partial charge is 0.392 e. The molecule has 0 radical (unpaired) electrons. The molecule has 3 nitrogen and oxygen atoms in total. The number of ether oxygens (including phenoxy) is 1. The Kier molecular flexibility index (Phi) is 5.48. The number of furan rings is 1. The minimum absolute atomic E-state index is 0.114. The first-order valence-electron chi connectivity index (χ1n) is 5.41. The first-order chi connectivity index (χ1) is 8.49. The van der Waals surface area contributed by atoms with E-state index in [2.05, 4.69) is 0 Å². The van der Waals surface area contributed by atoms with E-state index in [1.54, 1.807) is 6.07 Å². The Hall–Kier alpha value is -1.72. The lowest BCUT2D eigenvalue weighted by Crippen LogP contribution is -2.05. The second-order valence-corrected chi connectivity index (χ2v) is 3.55. The van der Waals surface area contributed by atoms with Crippen LogP contribution in [0.25, 0.3) is 0 Å². The molecule has 0 unspecified atom stereocenters. The van der Waals surface area contributed by atoms with E-state index in [9.17, 15) is 18.0 Å². The van der Waals surface area contributed by atoms with Crippen LogP contribution in [0.4, 0.5) is 13.2 Å². The van der Waals surface area contributed by atoms with E-state index < -0.39 is 18.6 Å². The molecule has 1 aromatic rings. The highest BCUT2D eigenvalue weighted by molar-refractivity contribution is 5.86. The first-order valence-corrected chi connectivity index (χ1v) is 5.41. The fraction of sp³-hybridized carbons (Fsp3) is 0.417. The number of hydrogen-bond donors (Lipinski definition) is 0. The molecule has 1 heterocycles. The molecule has 0 bridgehead atoms. The number of hydrogen-bond acceptors (Lipinski definition) is 3. The molecule has 0 saturated carbocycles. The van der Waals surface area contributed by atoms with Gasteiger partial charge in [0, 0.05) is 0 Å². The Morgan fingerprint density at radius 2 is 2.17 bits per heavy atom. The van der Waals surface area contributed by atoms with Crippen molar-refractivity contribution in [3.63, 3.8) is 0 Å². The standard InChI is InChI=1S/C12H13F3O3/c13-12(14,15)7-3-1-2-4-8-18-11(16)10-6-5-9-17-10/h1,3,5-6,9H,2,4,7-8H2/b3-1+. The summed E-state index contributed by atoms with van der Waals surface area (Å²) in [6.07, 6.45) is -0.344. The average molecular weight is 262 g/mol. The van der Waals surface area contributed by atoms with E-state index >= 15 is 0 Å². The lowest BCUT2D eigenvalue weighted by Gasteiger charge is -2.01. The molecule has 0 aliphatic carbocycles. The summed E-state index contributed by atoms with van der Waals surface area (Å²) in [5.74, 6) is -0.457. The quantitative estimate of drug-likeness (QED) is 0.445. The summed E-state index contributed by atoms with van der Waals surface area (Å²) in [5, 5.41) is 0. The third-order valence-corrected chi connectivity index (χ3v) is 1.99. The molecule has 0 saturated heterocycles. The number of carbonyl (C=O) groups excluding carboxylic acids is 1.